The zero-order valence-corrected chi connectivity index (χ0v) is 10.3. The first-order valence-corrected chi connectivity index (χ1v) is 5.24. The van der Waals surface area contributed by atoms with Gasteiger partial charge in [0.15, 0.2) is 0 Å². The second-order valence-corrected chi connectivity index (χ2v) is 4.20. The van der Waals surface area contributed by atoms with E-state index in [1.54, 1.807) is 0 Å². The Morgan fingerprint density at radius 3 is 2.38 bits per heavy atom. The lowest BCUT2D eigenvalue weighted by molar-refractivity contribution is 0.103. The summed E-state index contributed by atoms with van der Waals surface area (Å²) in [4.78, 5) is 0. The quantitative estimate of drug-likeness (QED) is 0.376. The highest BCUT2D eigenvalue weighted by molar-refractivity contribution is 8.11. The maximum Gasteiger partial charge on any atom is 0.216 e. The van der Waals surface area contributed by atoms with Crippen molar-refractivity contribution in [1.29, 1.82) is 0 Å². The number of thiocarbonyl (C=S) groups is 2. The van der Waals surface area contributed by atoms with E-state index < -0.39 is 0 Å². The Hall–Kier alpha value is 0.440. The highest BCUT2D eigenvalue weighted by atomic mass is 32.1. The molecule has 0 aromatic rings. The van der Waals surface area contributed by atoms with Crippen molar-refractivity contribution in [3.63, 3.8) is 0 Å². The van der Waals surface area contributed by atoms with Gasteiger partial charge in [0.1, 0.15) is 10.9 Å². The molecule has 0 bridgehead atoms. The van der Waals surface area contributed by atoms with Gasteiger partial charge in [-0.15, -0.1) is 12.6 Å². The van der Waals surface area contributed by atoms with Crippen LogP contribution in [0.5, 0.6) is 0 Å². The van der Waals surface area contributed by atoms with Crippen LogP contribution in [0.2, 0.25) is 0 Å². The van der Waals surface area contributed by atoms with E-state index in [9.17, 15) is 0 Å². The Morgan fingerprint density at radius 2 is 1.85 bits per heavy atom. The number of hydrogen-bond acceptors (Lipinski definition) is 4. The third kappa shape index (κ3) is 12.4. The lowest BCUT2D eigenvalue weighted by Crippen LogP contribution is -2.22. The van der Waals surface area contributed by atoms with E-state index >= 15 is 0 Å². The van der Waals surface area contributed by atoms with Crippen molar-refractivity contribution in [2.24, 2.45) is 0 Å². The molecule has 0 spiro atoms. The SMILES string of the molecule is S=C(S)NCCOCCOC(=S)S. The highest BCUT2D eigenvalue weighted by Gasteiger charge is 1.91. The van der Waals surface area contributed by atoms with E-state index in [1.165, 1.54) is 0 Å². The number of hydrogen-bond donors (Lipinski definition) is 3. The third-order valence-electron chi connectivity index (χ3n) is 0.976. The van der Waals surface area contributed by atoms with Gasteiger partial charge in [-0.3, -0.25) is 0 Å². The molecule has 7 heteroatoms. The molecular weight excluding hydrogens is 246 g/mol. The summed E-state index contributed by atoms with van der Waals surface area (Å²) in [6.07, 6.45) is 0. The van der Waals surface area contributed by atoms with Gasteiger partial charge in [0.05, 0.1) is 13.2 Å². The molecule has 0 atom stereocenters. The first kappa shape index (κ1) is 13.4. The molecule has 0 saturated carbocycles. The van der Waals surface area contributed by atoms with Crippen LogP contribution in [0.3, 0.4) is 0 Å². The predicted octanol–water partition coefficient (Wildman–Crippen LogP) is 1.04. The van der Waals surface area contributed by atoms with Crippen molar-refractivity contribution in [3.05, 3.63) is 0 Å². The molecule has 0 rings (SSSR count). The monoisotopic (exact) mass is 257 g/mol. The van der Waals surface area contributed by atoms with Gasteiger partial charge < -0.3 is 14.8 Å². The van der Waals surface area contributed by atoms with E-state index in [0.717, 1.165) is 0 Å². The fourth-order valence-electron chi connectivity index (χ4n) is 0.520. The highest BCUT2D eigenvalue weighted by Crippen LogP contribution is 1.86. The average molecular weight is 257 g/mol. The summed E-state index contributed by atoms with van der Waals surface area (Å²) in [6, 6.07) is 0. The normalized spacial score (nSPS) is 9.38. The molecule has 0 radical (unpaired) electrons. The fraction of sp³-hybridized carbons (Fsp3) is 0.667. The number of thiol groups is 2. The van der Waals surface area contributed by atoms with Crippen molar-refractivity contribution in [2.45, 2.75) is 0 Å². The maximum atomic E-state index is 5.16. The summed E-state index contributed by atoms with van der Waals surface area (Å²) in [5.41, 5.74) is 0. The van der Waals surface area contributed by atoms with Crippen LogP contribution in [0.15, 0.2) is 0 Å². The molecule has 13 heavy (non-hydrogen) atoms. The Balaban J connectivity index is 3.00. The summed E-state index contributed by atoms with van der Waals surface area (Å²) >= 11 is 16.9. The van der Waals surface area contributed by atoms with E-state index in [4.69, 9.17) is 9.47 Å². The topological polar surface area (TPSA) is 30.5 Å². The molecule has 1 N–H and O–H groups in total. The van der Waals surface area contributed by atoms with Crippen LogP contribution in [0.25, 0.3) is 0 Å². The minimum absolute atomic E-state index is 0.235. The van der Waals surface area contributed by atoms with Crippen molar-refractivity contribution in [1.82, 2.24) is 5.32 Å². The molecule has 0 aliphatic carbocycles. The summed E-state index contributed by atoms with van der Waals surface area (Å²) in [7, 11) is 0. The summed E-state index contributed by atoms with van der Waals surface area (Å²) < 4.78 is 10.7. The van der Waals surface area contributed by atoms with Gasteiger partial charge in [0.25, 0.3) is 0 Å². The van der Waals surface area contributed by atoms with Crippen molar-refractivity contribution in [2.75, 3.05) is 26.4 Å². The van der Waals surface area contributed by atoms with Gasteiger partial charge in [-0.25, -0.2) is 0 Å². The maximum absolute atomic E-state index is 5.16. The molecule has 0 heterocycles. The largest absolute Gasteiger partial charge is 0.476 e. The molecule has 0 saturated heterocycles. The van der Waals surface area contributed by atoms with Gasteiger partial charge >= 0.3 is 0 Å². The van der Waals surface area contributed by atoms with Crippen LogP contribution < -0.4 is 5.32 Å². The van der Waals surface area contributed by atoms with Crippen LogP contribution in [0.1, 0.15) is 0 Å². The molecule has 3 nitrogen and oxygen atoms in total. The molecule has 0 amide bonds. The van der Waals surface area contributed by atoms with Gasteiger partial charge in [0, 0.05) is 6.54 Å². The van der Waals surface area contributed by atoms with Crippen LogP contribution in [0, 0.1) is 0 Å². The van der Waals surface area contributed by atoms with E-state index in [-0.39, 0.29) is 4.38 Å². The zero-order chi connectivity index (χ0) is 10.1. The molecule has 0 unspecified atom stereocenters. The van der Waals surface area contributed by atoms with Gasteiger partial charge in [-0.05, 0) is 12.2 Å². The number of rotatable bonds is 6. The summed E-state index contributed by atoms with van der Waals surface area (Å²) in [6.45, 7) is 2.12. The number of nitrogens with one attached hydrogen (secondary N) is 1. The van der Waals surface area contributed by atoms with Gasteiger partial charge in [0.2, 0.25) is 4.38 Å². The first-order chi connectivity index (χ1) is 6.13. The Labute approximate surface area is 99.4 Å². The van der Waals surface area contributed by atoms with Gasteiger partial charge in [-0.2, -0.15) is 0 Å². The standard InChI is InChI=1S/C6H11NO2S4/c10-5(11)7-1-2-8-3-4-9-6(12)13/h1-4H2,(H,12,13)(H2,7,10,11). The molecule has 0 fully saturated rings. The molecule has 0 aliphatic rings. The van der Waals surface area contributed by atoms with Crippen molar-refractivity contribution in [3.8, 4) is 0 Å². The molecule has 0 aromatic heterocycles. The molecule has 76 valence electrons. The number of ether oxygens (including phenoxy) is 2. The average Bonchev–Trinajstić information content (AvgIpc) is 2.01. The summed E-state index contributed by atoms with van der Waals surface area (Å²) in [5.74, 6) is 0. The van der Waals surface area contributed by atoms with Crippen molar-refractivity contribution >= 4 is 58.4 Å². The minimum atomic E-state index is 0.235. The van der Waals surface area contributed by atoms with Crippen LogP contribution in [-0.2, 0) is 9.47 Å². The fourth-order valence-corrected chi connectivity index (χ4v) is 0.909. The zero-order valence-electron chi connectivity index (χ0n) is 6.86. The molecule has 0 aromatic carbocycles. The lowest BCUT2D eigenvalue weighted by Gasteiger charge is -2.05. The van der Waals surface area contributed by atoms with Crippen LogP contribution >= 0.6 is 49.7 Å². The second kappa shape index (κ2) is 9.01. The first-order valence-electron chi connectivity index (χ1n) is 3.53. The smallest absolute Gasteiger partial charge is 0.216 e. The predicted molar refractivity (Wildman–Crippen MR) is 67.9 cm³/mol. The molecule has 0 aliphatic heterocycles. The lowest BCUT2D eigenvalue weighted by atomic mass is 10.7. The Morgan fingerprint density at radius 1 is 1.15 bits per heavy atom. The Kier molecular flexibility index (Phi) is 9.32. The minimum Gasteiger partial charge on any atom is -0.476 e. The van der Waals surface area contributed by atoms with Crippen LogP contribution in [-0.4, -0.2) is 35.1 Å². The molecular formula is C6H11NO2S4. The van der Waals surface area contributed by atoms with Crippen LogP contribution in [0.4, 0.5) is 0 Å². The summed E-state index contributed by atoms with van der Waals surface area (Å²) in [5, 5.41) is 2.83. The van der Waals surface area contributed by atoms with E-state index in [1.807, 2.05) is 0 Å². The van der Waals surface area contributed by atoms with E-state index in [0.29, 0.717) is 30.7 Å². The van der Waals surface area contributed by atoms with Gasteiger partial charge in [-0.1, -0.05) is 24.8 Å². The Bertz CT molecular complexity index is 158. The third-order valence-corrected chi connectivity index (χ3v) is 1.53. The van der Waals surface area contributed by atoms with Crippen molar-refractivity contribution < 1.29 is 9.47 Å². The van der Waals surface area contributed by atoms with E-state index in [2.05, 4.69) is 55.0 Å². The second-order valence-electron chi connectivity index (χ2n) is 1.96.